The second-order valence-corrected chi connectivity index (χ2v) is 19.9. The van der Waals surface area contributed by atoms with E-state index in [4.69, 9.17) is 18.9 Å². The molecule has 0 spiro atoms. The van der Waals surface area contributed by atoms with Crippen LogP contribution >= 0.6 is 0 Å². The maximum atomic E-state index is 14.9. The number of hydrogen-bond acceptors (Lipinski definition) is 17. The summed E-state index contributed by atoms with van der Waals surface area (Å²) in [5, 5.41) is 107. The van der Waals surface area contributed by atoms with Gasteiger partial charge in [0.1, 0.15) is 60.2 Å². The Labute approximate surface area is 343 Å². The standard InChI is InChI=1S/C42H64O17/c1-37(2,54)12-11-25(46)42(8,55)33-20(45)14-39(5)24-10-9-18-19(41(24,7)26(47)15-40(33,39)6)13-21(34(53)38(18,3)4)56-35-31(52)29(50)32(23(17-44)58-35)59-36-30(51)28(49)27(48)22(16-43)57-36/h9,13,19-20,22-24,27-33,35-36,43-45,48-52,54-55H,10-12,14-17H2,1-8H3/t19-,20-,22-,23-,24+,27-,28+,29-,30-,31-,32-,33+,35-,36-,39+,40-,41+,42+/m1/s1. The van der Waals surface area contributed by atoms with Crippen LogP contribution in [0.4, 0.5) is 0 Å². The quantitative estimate of drug-likeness (QED) is 0.111. The van der Waals surface area contributed by atoms with Gasteiger partial charge in [0.15, 0.2) is 17.8 Å². The van der Waals surface area contributed by atoms with Gasteiger partial charge in [-0.15, -0.1) is 0 Å². The highest BCUT2D eigenvalue weighted by atomic mass is 16.7. The van der Waals surface area contributed by atoms with Crippen molar-refractivity contribution in [3.63, 3.8) is 0 Å². The lowest BCUT2D eigenvalue weighted by molar-refractivity contribution is -0.356. The lowest BCUT2D eigenvalue weighted by atomic mass is 9.39. The van der Waals surface area contributed by atoms with E-state index in [2.05, 4.69) is 0 Å². The van der Waals surface area contributed by atoms with Gasteiger partial charge in [0, 0.05) is 30.1 Å². The number of fused-ring (bicyclic) bond motifs is 5. The summed E-state index contributed by atoms with van der Waals surface area (Å²) in [4.78, 5) is 42.7. The Bertz CT molecular complexity index is 1710. The third kappa shape index (κ3) is 7.19. The lowest BCUT2D eigenvalue weighted by Gasteiger charge is -2.63. The van der Waals surface area contributed by atoms with E-state index < -0.39 is 143 Å². The van der Waals surface area contributed by atoms with Crippen LogP contribution < -0.4 is 0 Å². The summed E-state index contributed by atoms with van der Waals surface area (Å²) in [5.74, 6) is -3.70. The summed E-state index contributed by atoms with van der Waals surface area (Å²) in [5.41, 5.74) is -6.77. The molecule has 18 atom stereocenters. The van der Waals surface area contributed by atoms with Crippen molar-refractivity contribution in [1.29, 1.82) is 0 Å². The van der Waals surface area contributed by atoms with Crippen LogP contribution in [0.25, 0.3) is 0 Å². The largest absolute Gasteiger partial charge is 0.459 e. The Morgan fingerprint density at radius 3 is 2.02 bits per heavy atom. The first-order valence-electron chi connectivity index (χ1n) is 20.5. The van der Waals surface area contributed by atoms with Gasteiger partial charge in [-0.1, -0.05) is 32.4 Å². The van der Waals surface area contributed by atoms with E-state index in [1.807, 2.05) is 26.8 Å². The zero-order chi connectivity index (χ0) is 44.2. The molecule has 59 heavy (non-hydrogen) atoms. The molecule has 2 heterocycles. The summed E-state index contributed by atoms with van der Waals surface area (Å²) in [7, 11) is 0. The van der Waals surface area contributed by atoms with Gasteiger partial charge in [0.25, 0.3) is 0 Å². The average molecular weight is 841 g/mol. The van der Waals surface area contributed by atoms with E-state index in [-0.39, 0.29) is 37.2 Å². The predicted octanol–water partition coefficient (Wildman–Crippen LogP) is -1.07. The third-order valence-corrected chi connectivity index (χ3v) is 15.4. The van der Waals surface area contributed by atoms with Crippen LogP contribution in [-0.4, -0.2) is 160 Å². The molecule has 334 valence electrons. The summed E-state index contributed by atoms with van der Waals surface area (Å²) in [6.45, 7) is 12.0. The fourth-order valence-electron chi connectivity index (χ4n) is 11.7. The maximum Gasteiger partial charge on any atom is 0.229 e. The number of aliphatic hydroxyl groups excluding tert-OH is 8. The van der Waals surface area contributed by atoms with Crippen molar-refractivity contribution in [2.24, 2.45) is 39.4 Å². The molecule has 0 aromatic heterocycles. The van der Waals surface area contributed by atoms with Crippen molar-refractivity contribution in [3.8, 4) is 0 Å². The minimum Gasteiger partial charge on any atom is -0.459 e. The molecule has 2 saturated heterocycles. The SMILES string of the molecule is CC(C)(O)CCC(=O)[C@](C)(O)[C@H]1[C@H](O)C[C@@]2(C)[C@@H]3CC=C4[C@@H](C=C(O[C@@H]5O[C@H](CO)[C@@H](O[C@H]6O[C@H](CO)[C@@H](O)[C@H](O)[C@H]6O)[C@H](O)[C@H]5O)C(=O)C4(C)C)[C@]3(C)C(=O)C[C@]12C. The molecule has 2 aliphatic heterocycles. The van der Waals surface area contributed by atoms with Gasteiger partial charge in [-0.3, -0.25) is 14.4 Å². The summed E-state index contributed by atoms with van der Waals surface area (Å²) >= 11 is 0. The van der Waals surface area contributed by atoms with Crippen LogP contribution in [0.2, 0.25) is 0 Å². The molecule has 10 N–H and O–H groups in total. The highest BCUT2D eigenvalue weighted by Gasteiger charge is 2.74. The van der Waals surface area contributed by atoms with E-state index >= 15 is 0 Å². The second kappa shape index (κ2) is 15.5. The van der Waals surface area contributed by atoms with Gasteiger partial charge in [-0.2, -0.15) is 0 Å². The van der Waals surface area contributed by atoms with Crippen molar-refractivity contribution in [3.05, 3.63) is 23.5 Å². The molecule has 0 radical (unpaired) electrons. The molecule has 0 aromatic rings. The van der Waals surface area contributed by atoms with Crippen LogP contribution in [0.1, 0.15) is 87.5 Å². The van der Waals surface area contributed by atoms with Crippen molar-refractivity contribution in [1.82, 2.24) is 0 Å². The highest BCUT2D eigenvalue weighted by molar-refractivity contribution is 6.02. The summed E-state index contributed by atoms with van der Waals surface area (Å²) in [6, 6.07) is 0. The molecule has 6 aliphatic rings. The lowest BCUT2D eigenvalue weighted by Crippen LogP contribution is -2.65. The number of ketones is 3. The molecule has 0 unspecified atom stereocenters. The number of aliphatic hydroxyl groups is 10. The molecular formula is C42H64O17. The van der Waals surface area contributed by atoms with Gasteiger partial charge >= 0.3 is 0 Å². The molecule has 6 rings (SSSR count). The summed E-state index contributed by atoms with van der Waals surface area (Å²) in [6.07, 6.45) is -14.4. The van der Waals surface area contributed by atoms with Gasteiger partial charge in [-0.05, 0) is 76.7 Å². The van der Waals surface area contributed by atoms with Crippen LogP contribution in [0.3, 0.4) is 0 Å². The van der Waals surface area contributed by atoms with E-state index in [0.717, 1.165) is 0 Å². The molecule has 2 saturated carbocycles. The average Bonchev–Trinajstić information content (AvgIpc) is 3.36. The fraction of sp³-hybridized carbons (Fsp3) is 0.833. The van der Waals surface area contributed by atoms with Crippen LogP contribution in [0, 0.1) is 39.4 Å². The summed E-state index contributed by atoms with van der Waals surface area (Å²) < 4.78 is 22.9. The maximum absolute atomic E-state index is 14.9. The first kappa shape index (κ1) is 46.3. The van der Waals surface area contributed by atoms with Crippen molar-refractivity contribution < 1.29 is 84.4 Å². The highest BCUT2D eigenvalue weighted by Crippen LogP contribution is 2.74. The minimum absolute atomic E-state index is 0.0952. The predicted molar refractivity (Wildman–Crippen MR) is 203 cm³/mol. The first-order chi connectivity index (χ1) is 27.1. The Kier molecular flexibility index (Phi) is 12.2. The molecule has 4 fully saturated rings. The van der Waals surface area contributed by atoms with Crippen LogP contribution in [0.15, 0.2) is 23.5 Å². The number of rotatable bonds is 11. The van der Waals surface area contributed by atoms with Gasteiger partial charge in [0.2, 0.25) is 12.1 Å². The topological polar surface area (TPSA) is 290 Å². The fourth-order valence-corrected chi connectivity index (χ4v) is 11.7. The van der Waals surface area contributed by atoms with Gasteiger partial charge < -0.3 is 70.0 Å². The van der Waals surface area contributed by atoms with Gasteiger partial charge in [0.05, 0.1) is 30.3 Å². The normalized spacial score (nSPS) is 46.9. The Balaban J connectivity index is 1.29. The van der Waals surface area contributed by atoms with E-state index in [1.54, 1.807) is 27.7 Å². The van der Waals surface area contributed by atoms with E-state index in [0.29, 0.717) is 12.0 Å². The van der Waals surface area contributed by atoms with Gasteiger partial charge in [-0.25, -0.2) is 0 Å². The number of hydrogen-bond donors (Lipinski definition) is 10. The smallest absolute Gasteiger partial charge is 0.229 e. The second-order valence-electron chi connectivity index (χ2n) is 19.9. The Morgan fingerprint density at radius 2 is 1.42 bits per heavy atom. The molecule has 0 aromatic carbocycles. The number of allylic oxidation sites excluding steroid dienone is 4. The minimum atomic E-state index is -2.02. The number of carbonyl (C=O) groups is 3. The molecule has 4 aliphatic carbocycles. The number of carbonyl (C=O) groups excluding carboxylic acids is 3. The van der Waals surface area contributed by atoms with Crippen molar-refractivity contribution >= 4 is 17.3 Å². The first-order valence-corrected chi connectivity index (χ1v) is 20.5. The monoisotopic (exact) mass is 840 g/mol. The molecule has 17 nitrogen and oxygen atoms in total. The van der Waals surface area contributed by atoms with Crippen molar-refractivity contribution in [2.75, 3.05) is 13.2 Å². The van der Waals surface area contributed by atoms with E-state index in [9.17, 15) is 65.4 Å². The third-order valence-electron chi connectivity index (χ3n) is 15.4. The number of Topliss-reactive ketones (excluding diaryl/α,β-unsaturated/α-hetero) is 3. The van der Waals surface area contributed by atoms with Crippen molar-refractivity contribution in [2.45, 2.75) is 166 Å². The molecule has 0 bridgehead atoms. The van der Waals surface area contributed by atoms with Crippen LogP contribution in [-0.2, 0) is 33.3 Å². The molecule has 0 amide bonds. The molecular weight excluding hydrogens is 776 g/mol. The van der Waals surface area contributed by atoms with Crippen LogP contribution in [0.5, 0.6) is 0 Å². The van der Waals surface area contributed by atoms with E-state index in [1.165, 1.54) is 13.0 Å². The molecule has 17 heteroatoms. The number of ether oxygens (including phenoxy) is 4. The Hall–Kier alpha value is -2.23. The zero-order valence-electron chi connectivity index (χ0n) is 35.0. The Morgan fingerprint density at radius 1 is 0.831 bits per heavy atom. The zero-order valence-corrected chi connectivity index (χ0v) is 35.0.